The summed E-state index contributed by atoms with van der Waals surface area (Å²) in [6.07, 6.45) is 0.156. The topological polar surface area (TPSA) is 52.3 Å². The van der Waals surface area contributed by atoms with Gasteiger partial charge in [-0.25, -0.2) is 4.39 Å². The van der Waals surface area contributed by atoms with Crippen molar-refractivity contribution >= 4 is 17.6 Å². The van der Waals surface area contributed by atoms with Gasteiger partial charge in [0.05, 0.1) is 12.1 Å². The predicted molar refractivity (Wildman–Crippen MR) is 55.1 cm³/mol. The van der Waals surface area contributed by atoms with Crippen LogP contribution in [0.1, 0.15) is 5.56 Å². The van der Waals surface area contributed by atoms with Gasteiger partial charge in [-0.05, 0) is 18.1 Å². The summed E-state index contributed by atoms with van der Waals surface area (Å²) >= 11 is 5.70. The Bertz CT molecular complexity index is 370. The molecule has 82 valence electrons. The van der Waals surface area contributed by atoms with E-state index in [2.05, 4.69) is 4.74 Å². The van der Waals surface area contributed by atoms with Crippen LogP contribution in [0.25, 0.3) is 0 Å². The summed E-state index contributed by atoms with van der Waals surface area (Å²) in [5.41, 5.74) is 6.02. The molecule has 15 heavy (non-hydrogen) atoms. The maximum atomic E-state index is 13.0. The molecule has 0 heterocycles. The van der Waals surface area contributed by atoms with E-state index in [1.165, 1.54) is 19.2 Å². The van der Waals surface area contributed by atoms with Gasteiger partial charge in [0.25, 0.3) is 0 Å². The Morgan fingerprint density at radius 2 is 2.33 bits per heavy atom. The molecule has 0 aliphatic heterocycles. The molecule has 1 unspecified atom stereocenters. The first-order valence-electron chi connectivity index (χ1n) is 4.32. The fraction of sp³-hybridized carbons (Fsp3) is 0.300. The van der Waals surface area contributed by atoms with Gasteiger partial charge in [0.15, 0.2) is 0 Å². The van der Waals surface area contributed by atoms with Crippen LogP contribution in [0.15, 0.2) is 18.2 Å². The number of carbonyl (C=O) groups excluding carboxylic acids is 1. The monoisotopic (exact) mass is 231 g/mol. The first-order chi connectivity index (χ1) is 7.06. The molecule has 1 aromatic rings. The lowest BCUT2D eigenvalue weighted by molar-refractivity contribution is -0.142. The average Bonchev–Trinajstić information content (AvgIpc) is 2.23. The van der Waals surface area contributed by atoms with E-state index in [1.54, 1.807) is 6.07 Å². The van der Waals surface area contributed by atoms with Gasteiger partial charge >= 0.3 is 5.97 Å². The van der Waals surface area contributed by atoms with E-state index in [9.17, 15) is 9.18 Å². The molecule has 1 aromatic carbocycles. The molecule has 0 saturated heterocycles. The maximum Gasteiger partial charge on any atom is 0.322 e. The highest BCUT2D eigenvalue weighted by molar-refractivity contribution is 6.31. The predicted octanol–water partition coefficient (Wildman–Crippen LogP) is 1.52. The Labute approximate surface area is 92.0 Å². The zero-order valence-electron chi connectivity index (χ0n) is 8.17. The minimum absolute atomic E-state index is 0.00291. The molecule has 0 bridgehead atoms. The fourth-order valence-electron chi connectivity index (χ4n) is 1.18. The molecule has 1 rings (SSSR count). The van der Waals surface area contributed by atoms with Crippen LogP contribution >= 0.6 is 11.6 Å². The third kappa shape index (κ3) is 2.91. The van der Waals surface area contributed by atoms with E-state index in [4.69, 9.17) is 17.3 Å². The zero-order valence-corrected chi connectivity index (χ0v) is 8.92. The van der Waals surface area contributed by atoms with Crippen LogP contribution in [0, 0.1) is 5.82 Å². The molecule has 0 amide bonds. The third-order valence-electron chi connectivity index (χ3n) is 1.98. The zero-order chi connectivity index (χ0) is 11.4. The summed E-state index contributed by atoms with van der Waals surface area (Å²) in [7, 11) is 1.25. The summed E-state index contributed by atoms with van der Waals surface area (Å²) in [6.45, 7) is 0. The van der Waals surface area contributed by atoms with E-state index in [0.29, 0.717) is 5.56 Å². The number of carbonyl (C=O) groups is 1. The van der Waals surface area contributed by atoms with Crippen LogP contribution in [0.2, 0.25) is 5.02 Å². The van der Waals surface area contributed by atoms with Crippen molar-refractivity contribution in [1.29, 1.82) is 0 Å². The summed E-state index contributed by atoms with van der Waals surface area (Å²) in [4.78, 5) is 11.0. The van der Waals surface area contributed by atoms with Crippen LogP contribution in [-0.2, 0) is 16.0 Å². The highest BCUT2D eigenvalue weighted by atomic mass is 35.5. The van der Waals surface area contributed by atoms with Crippen LogP contribution in [-0.4, -0.2) is 19.1 Å². The van der Waals surface area contributed by atoms with Crippen molar-refractivity contribution in [3.8, 4) is 0 Å². The fourth-order valence-corrected chi connectivity index (χ4v) is 1.38. The molecular formula is C10H11ClFNO2. The Morgan fingerprint density at radius 3 is 2.93 bits per heavy atom. The number of nitrogens with two attached hydrogens (primary N) is 1. The van der Waals surface area contributed by atoms with Gasteiger partial charge in [0, 0.05) is 0 Å². The number of esters is 1. The number of methoxy groups -OCH3 is 1. The second-order valence-corrected chi connectivity index (χ2v) is 3.42. The Balaban J connectivity index is 2.81. The second-order valence-electron chi connectivity index (χ2n) is 3.05. The van der Waals surface area contributed by atoms with Crippen molar-refractivity contribution < 1.29 is 13.9 Å². The normalized spacial score (nSPS) is 12.3. The average molecular weight is 232 g/mol. The number of benzene rings is 1. The third-order valence-corrected chi connectivity index (χ3v) is 2.40. The van der Waals surface area contributed by atoms with Crippen molar-refractivity contribution in [2.24, 2.45) is 5.73 Å². The summed E-state index contributed by atoms with van der Waals surface area (Å²) in [5, 5.41) is -0.00291. The number of ether oxygens (including phenoxy) is 1. The van der Waals surface area contributed by atoms with Gasteiger partial charge in [-0.3, -0.25) is 4.79 Å². The van der Waals surface area contributed by atoms with E-state index < -0.39 is 17.8 Å². The van der Waals surface area contributed by atoms with Crippen LogP contribution in [0.3, 0.4) is 0 Å². The molecule has 0 saturated carbocycles. The number of hydrogen-bond acceptors (Lipinski definition) is 3. The van der Waals surface area contributed by atoms with Crippen molar-refractivity contribution in [3.05, 3.63) is 34.6 Å². The van der Waals surface area contributed by atoms with Gasteiger partial charge < -0.3 is 10.5 Å². The van der Waals surface area contributed by atoms with Crippen LogP contribution in [0.5, 0.6) is 0 Å². The Morgan fingerprint density at radius 1 is 1.67 bits per heavy atom. The van der Waals surface area contributed by atoms with Crippen LogP contribution in [0.4, 0.5) is 4.39 Å². The lowest BCUT2D eigenvalue weighted by Gasteiger charge is -2.10. The smallest absolute Gasteiger partial charge is 0.322 e. The number of rotatable bonds is 3. The first kappa shape index (κ1) is 11.9. The van der Waals surface area contributed by atoms with Gasteiger partial charge in [-0.15, -0.1) is 0 Å². The van der Waals surface area contributed by atoms with Crippen molar-refractivity contribution in [2.45, 2.75) is 12.5 Å². The van der Waals surface area contributed by atoms with Crippen molar-refractivity contribution in [3.63, 3.8) is 0 Å². The molecule has 5 heteroatoms. The number of halogens is 2. The van der Waals surface area contributed by atoms with E-state index in [-0.39, 0.29) is 11.4 Å². The molecule has 0 aliphatic carbocycles. The van der Waals surface area contributed by atoms with E-state index in [0.717, 1.165) is 0 Å². The maximum absolute atomic E-state index is 13.0. The second kappa shape index (κ2) is 5.09. The van der Waals surface area contributed by atoms with Gasteiger partial charge in [0.2, 0.25) is 0 Å². The van der Waals surface area contributed by atoms with E-state index in [1.807, 2.05) is 0 Å². The highest BCUT2D eigenvalue weighted by Gasteiger charge is 2.16. The Hall–Kier alpha value is -1.13. The standard InChI is InChI=1S/C10H11ClFNO2/c1-15-10(14)8(13)5-6-3-2-4-7(12)9(6)11/h2-4,8H,5,13H2,1H3. The quantitative estimate of drug-likeness (QED) is 0.803. The molecule has 3 nitrogen and oxygen atoms in total. The molecule has 0 aliphatic rings. The van der Waals surface area contributed by atoms with Crippen LogP contribution < -0.4 is 5.73 Å². The van der Waals surface area contributed by atoms with Gasteiger partial charge in [0.1, 0.15) is 11.9 Å². The molecule has 1 atom stereocenters. The summed E-state index contributed by atoms with van der Waals surface area (Å²) < 4.78 is 17.5. The van der Waals surface area contributed by atoms with Gasteiger partial charge in [-0.1, -0.05) is 23.7 Å². The lowest BCUT2D eigenvalue weighted by atomic mass is 10.1. The molecule has 2 N–H and O–H groups in total. The number of hydrogen-bond donors (Lipinski definition) is 1. The van der Waals surface area contributed by atoms with Crippen molar-refractivity contribution in [2.75, 3.05) is 7.11 Å². The molecule has 0 radical (unpaired) electrons. The van der Waals surface area contributed by atoms with E-state index >= 15 is 0 Å². The summed E-state index contributed by atoms with van der Waals surface area (Å²) in [6, 6.07) is 3.55. The highest BCUT2D eigenvalue weighted by Crippen LogP contribution is 2.20. The molecular weight excluding hydrogens is 221 g/mol. The summed E-state index contributed by atoms with van der Waals surface area (Å²) in [5.74, 6) is -1.07. The minimum Gasteiger partial charge on any atom is -0.468 e. The minimum atomic E-state index is -0.825. The molecule has 0 fully saturated rings. The molecule has 0 aromatic heterocycles. The molecule has 0 spiro atoms. The van der Waals surface area contributed by atoms with Gasteiger partial charge in [-0.2, -0.15) is 0 Å². The van der Waals surface area contributed by atoms with Crippen molar-refractivity contribution in [1.82, 2.24) is 0 Å². The SMILES string of the molecule is COC(=O)C(N)Cc1cccc(F)c1Cl. The lowest BCUT2D eigenvalue weighted by Crippen LogP contribution is -2.33. The largest absolute Gasteiger partial charge is 0.468 e. The first-order valence-corrected chi connectivity index (χ1v) is 4.70. The Kier molecular flexibility index (Phi) is 4.05.